The Labute approximate surface area is 128 Å². The number of methoxy groups -OCH3 is 1. The summed E-state index contributed by atoms with van der Waals surface area (Å²) in [4.78, 5) is 24.2. The van der Waals surface area contributed by atoms with Gasteiger partial charge in [0.1, 0.15) is 0 Å². The minimum atomic E-state index is -0.953. The van der Waals surface area contributed by atoms with Crippen LogP contribution in [0.5, 0.6) is 0 Å². The fraction of sp³-hybridized carbons (Fsp3) is 0.500. The molecule has 1 aromatic rings. The van der Waals surface area contributed by atoms with Gasteiger partial charge >= 0.3 is 12.1 Å². The van der Waals surface area contributed by atoms with Crippen molar-refractivity contribution in [2.24, 2.45) is 0 Å². The number of piperidine rings is 1. The molecule has 0 aliphatic carbocycles. The maximum absolute atomic E-state index is 11.5. The Morgan fingerprint density at radius 1 is 1.23 bits per heavy atom. The standard InChI is InChI=1S/C16H19NO5/c1-22-15(19)10-4-2-9(3-5-10)12-8-11-6-7-13(14(12)18)17(11)16(20)21/h2-5,11-14,18H,6-8H2,1H3,(H,20,21). The number of ether oxygens (including phenoxy) is 1. The SMILES string of the molecule is COC(=O)c1ccc(C2CC3CCC(C2O)N3C(=O)O)cc1. The van der Waals surface area contributed by atoms with E-state index < -0.39 is 18.2 Å². The largest absolute Gasteiger partial charge is 0.465 e. The van der Waals surface area contributed by atoms with Gasteiger partial charge in [0.25, 0.3) is 0 Å². The molecule has 2 aliphatic heterocycles. The van der Waals surface area contributed by atoms with Crippen LogP contribution in [0.4, 0.5) is 4.79 Å². The van der Waals surface area contributed by atoms with Crippen LogP contribution in [0.2, 0.25) is 0 Å². The highest BCUT2D eigenvalue weighted by Crippen LogP contribution is 2.43. The molecule has 0 radical (unpaired) electrons. The van der Waals surface area contributed by atoms with Crippen LogP contribution in [0.3, 0.4) is 0 Å². The molecule has 1 amide bonds. The molecular formula is C16H19NO5. The Kier molecular flexibility index (Phi) is 3.78. The molecule has 22 heavy (non-hydrogen) atoms. The Hall–Kier alpha value is -2.08. The fourth-order valence-electron chi connectivity index (χ4n) is 3.80. The van der Waals surface area contributed by atoms with Crippen molar-refractivity contribution in [3.63, 3.8) is 0 Å². The third kappa shape index (κ3) is 2.33. The predicted octanol–water partition coefficient (Wildman–Crippen LogP) is 1.83. The summed E-state index contributed by atoms with van der Waals surface area (Å²) >= 11 is 0. The first-order valence-electron chi connectivity index (χ1n) is 7.40. The normalized spacial score (nSPS) is 30.2. The van der Waals surface area contributed by atoms with Crippen molar-refractivity contribution in [2.45, 2.75) is 43.4 Å². The van der Waals surface area contributed by atoms with E-state index in [4.69, 9.17) is 0 Å². The Morgan fingerprint density at radius 2 is 1.91 bits per heavy atom. The second kappa shape index (κ2) is 5.61. The van der Waals surface area contributed by atoms with Gasteiger partial charge in [-0.25, -0.2) is 9.59 Å². The maximum atomic E-state index is 11.5. The van der Waals surface area contributed by atoms with Gasteiger partial charge in [-0.3, -0.25) is 4.90 Å². The fourth-order valence-corrected chi connectivity index (χ4v) is 3.80. The average Bonchev–Trinajstić information content (AvgIpc) is 2.88. The number of amides is 1. The van der Waals surface area contributed by atoms with Crippen molar-refractivity contribution in [1.29, 1.82) is 0 Å². The van der Waals surface area contributed by atoms with Crippen molar-refractivity contribution >= 4 is 12.1 Å². The van der Waals surface area contributed by atoms with Crippen molar-refractivity contribution in [3.8, 4) is 0 Å². The molecule has 118 valence electrons. The number of rotatable bonds is 2. The Balaban J connectivity index is 1.82. The number of aliphatic hydroxyl groups excluding tert-OH is 1. The summed E-state index contributed by atoms with van der Waals surface area (Å²) in [5, 5.41) is 19.8. The van der Waals surface area contributed by atoms with E-state index in [2.05, 4.69) is 4.74 Å². The topological polar surface area (TPSA) is 87.1 Å². The zero-order chi connectivity index (χ0) is 15.9. The van der Waals surface area contributed by atoms with E-state index in [-0.39, 0.29) is 18.0 Å². The van der Waals surface area contributed by atoms with E-state index in [1.54, 1.807) is 12.1 Å². The first-order chi connectivity index (χ1) is 10.5. The lowest BCUT2D eigenvalue weighted by atomic mass is 9.82. The van der Waals surface area contributed by atoms with Gasteiger partial charge in [0.2, 0.25) is 0 Å². The van der Waals surface area contributed by atoms with Crippen LogP contribution in [0.15, 0.2) is 24.3 Å². The zero-order valence-corrected chi connectivity index (χ0v) is 12.3. The van der Waals surface area contributed by atoms with E-state index >= 15 is 0 Å². The van der Waals surface area contributed by atoms with Crippen LogP contribution in [-0.4, -0.2) is 52.5 Å². The van der Waals surface area contributed by atoms with E-state index in [1.807, 2.05) is 12.1 Å². The Morgan fingerprint density at radius 3 is 2.50 bits per heavy atom. The van der Waals surface area contributed by atoms with Gasteiger partial charge in [-0.2, -0.15) is 0 Å². The number of hydrogen-bond acceptors (Lipinski definition) is 4. The van der Waals surface area contributed by atoms with E-state index in [0.717, 1.165) is 12.0 Å². The third-order valence-electron chi connectivity index (χ3n) is 4.86. The molecule has 4 atom stereocenters. The number of benzene rings is 1. The van der Waals surface area contributed by atoms with Crippen molar-refractivity contribution < 1.29 is 24.5 Å². The van der Waals surface area contributed by atoms with Gasteiger partial charge < -0.3 is 14.9 Å². The molecule has 1 aromatic carbocycles. The second-order valence-electron chi connectivity index (χ2n) is 5.93. The molecule has 0 saturated carbocycles. The minimum absolute atomic E-state index is 0.0313. The summed E-state index contributed by atoms with van der Waals surface area (Å²) in [6.45, 7) is 0. The number of carbonyl (C=O) groups excluding carboxylic acids is 1. The number of fused-ring (bicyclic) bond motifs is 2. The molecule has 4 unspecified atom stereocenters. The molecule has 2 fully saturated rings. The van der Waals surface area contributed by atoms with E-state index in [9.17, 15) is 19.8 Å². The van der Waals surface area contributed by atoms with Crippen molar-refractivity contribution in [1.82, 2.24) is 4.90 Å². The molecule has 6 heteroatoms. The van der Waals surface area contributed by atoms with Crippen LogP contribution in [-0.2, 0) is 4.74 Å². The lowest BCUT2D eigenvalue weighted by Crippen LogP contribution is -2.53. The molecule has 2 aliphatic rings. The number of carboxylic acid groups (broad SMARTS) is 1. The molecule has 2 saturated heterocycles. The summed E-state index contributed by atoms with van der Waals surface area (Å²) in [6.07, 6.45) is 0.450. The first-order valence-corrected chi connectivity index (χ1v) is 7.40. The zero-order valence-electron chi connectivity index (χ0n) is 12.3. The number of hydrogen-bond donors (Lipinski definition) is 2. The molecular weight excluding hydrogens is 286 g/mol. The van der Waals surface area contributed by atoms with Crippen molar-refractivity contribution in [2.75, 3.05) is 7.11 Å². The highest BCUT2D eigenvalue weighted by Gasteiger charge is 2.49. The van der Waals surface area contributed by atoms with Crippen LogP contribution in [0.1, 0.15) is 41.1 Å². The highest BCUT2D eigenvalue weighted by atomic mass is 16.5. The summed E-state index contributed by atoms with van der Waals surface area (Å²) in [5.74, 6) is -0.493. The number of aliphatic hydroxyl groups is 1. The second-order valence-corrected chi connectivity index (χ2v) is 5.93. The Bertz CT molecular complexity index is 585. The molecule has 2 N–H and O–H groups in total. The van der Waals surface area contributed by atoms with Gasteiger partial charge in [-0.05, 0) is 37.0 Å². The quantitative estimate of drug-likeness (QED) is 0.814. The number of esters is 1. The summed E-state index contributed by atoms with van der Waals surface area (Å²) in [7, 11) is 1.33. The number of carbonyl (C=O) groups is 2. The van der Waals surface area contributed by atoms with Gasteiger partial charge in [-0.1, -0.05) is 12.1 Å². The van der Waals surface area contributed by atoms with Gasteiger partial charge in [0.15, 0.2) is 0 Å². The third-order valence-corrected chi connectivity index (χ3v) is 4.86. The number of nitrogens with zero attached hydrogens (tertiary/aromatic N) is 1. The monoisotopic (exact) mass is 305 g/mol. The molecule has 2 bridgehead atoms. The van der Waals surface area contributed by atoms with Gasteiger partial charge in [0.05, 0.1) is 24.8 Å². The lowest BCUT2D eigenvalue weighted by Gasteiger charge is -2.41. The van der Waals surface area contributed by atoms with Gasteiger partial charge in [-0.15, -0.1) is 0 Å². The predicted molar refractivity (Wildman–Crippen MR) is 77.8 cm³/mol. The summed E-state index contributed by atoms with van der Waals surface area (Å²) < 4.78 is 4.67. The smallest absolute Gasteiger partial charge is 0.407 e. The van der Waals surface area contributed by atoms with Gasteiger partial charge in [0, 0.05) is 12.0 Å². The molecule has 0 aromatic heterocycles. The molecule has 3 rings (SSSR count). The maximum Gasteiger partial charge on any atom is 0.407 e. The van der Waals surface area contributed by atoms with Crippen LogP contribution < -0.4 is 0 Å². The molecule has 6 nitrogen and oxygen atoms in total. The molecule has 0 spiro atoms. The van der Waals surface area contributed by atoms with Crippen molar-refractivity contribution in [3.05, 3.63) is 35.4 Å². The average molecular weight is 305 g/mol. The lowest BCUT2D eigenvalue weighted by molar-refractivity contribution is 0.00435. The van der Waals surface area contributed by atoms with Crippen LogP contribution in [0, 0.1) is 0 Å². The van der Waals surface area contributed by atoms with Crippen LogP contribution in [0.25, 0.3) is 0 Å². The molecule has 2 heterocycles. The van der Waals surface area contributed by atoms with E-state index in [1.165, 1.54) is 12.0 Å². The summed E-state index contributed by atoms with van der Waals surface area (Å²) in [5.41, 5.74) is 1.40. The van der Waals surface area contributed by atoms with Crippen LogP contribution >= 0.6 is 0 Å². The highest BCUT2D eigenvalue weighted by molar-refractivity contribution is 5.89. The first kappa shape index (κ1) is 14.8. The van der Waals surface area contributed by atoms with E-state index in [0.29, 0.717) is 18.4 Å². The summed E-state index contributed by atoms with van der Waals surface area (Å²) in [6, 6.07) is 6.63. The minimum Gasteiger partial charge on any atom is -0.465 e.